The van der Waals surface area contributed by atoms with Crippen molar-refractivity contribution >= 4 is 0 Å². The number of hydrogen-bond donors (Lipinski definition) is 1. The molecule has 0 aliphatic carbocycles. The Kier molecular flexibility index (Phi) is 4.91. The van der Waals surface area contributed by atoms with Gasteiger partial charge in [-0.1, -0.05) is 37.3 Å². The summed E-state index contributed by atoms with van der Waals surface area (Å²) < 4.78 is 14.3. The molecule has 0 spiro atoms. The minimum Gasteiger partial charge on any atom is -0.313 e. The summed E-state index contributed by atoms with van der Waals surface area (Å²) in [5.74, 6) is -0.144. The van der Waals surface area contributed by atoms with Crippen molar-refractivity contribution in [2.24, 2.45) is 0 Å². The van der Waals surface area contributed by atoms with E-state index in [2.05, 4.69) is 25.2 Å². The van der Waals surface area contributed by atoms with Gasteiger partial charge in [0, 0.05) is 12.1 Å². The minimum absolute atomic E-state index is 0.144. The summed E-state index contributed by atoms with van der Waals surface area (Å²) in [5, 5.41) is 3.29. The van der Waals surface area contributed by atoms with E-state index in [1.54, 1.807) is 6.07 Å². The van der Waals surface area contributed by atoms with Gasteiger partial charge in [0.2, 0.25) is 0 Å². The molecule has 0 amide bonds. The van der Waals surface area contributed by atoms with E-state index in [0.717, 1.165) is 36.2 Å². The molecule has 0 saturated heterocycles. The zero-order valence-corrected chi connectivity index (χ0v) is 12.5. The third-order valence-corrected chi connectivity index (χ3v) is 3.68. The Balaban J connectivity index is 2.27. The zero-order valence-electron chi connectivity index (χ0n) is 12.5. The van der Waals surface area contributed by atoms with Gasteiger partial charge in [0.15, 0.2) is 0 Å². The molecule has 0 aromatic heterocycles. The zero-order chi connectivity index (χ0) is 14.5. The molecule has 0 unspecified atom stereocenters. The van der Waals surface area contributed by atoms with Gasteiger partial charge in [0.05, 0.1) is 0 Å². The van der Waals surface area contributed by atoms with Crippen molar-refractivity contribution in [2.45, 2.75) is 33.7 Å². The summed E-state index contributed by atoms with van der Waals surface area (Å²) in [5.41, 5.74) is 4.99. The van der Waals surface area contributed by atoms with E-state index in [-0.39, 0.29) is 5.82 Å². The lowest BCUT2D eigenvalue weighted by atomic mass is 9.96. The lowest BCUT2D eigenvalue weighted by Crippen LogP contribution is -2.13. The molecule has 0 saturated carbocycles. The third-order valence-electron chi connectivity index (χ3n) is 3.68. The van der Waals surface area contributed by atoms with Crippen LogP contribution in [-0.2, 0) is 6.54 Å². The van der Waals surface area contributed by atoms with Crippen LogP contribution in [0, 0.1) is 19.7 Å². The highest BCUT2D eigenvalue weighted by Gasteiger charge is 2.09. The molecule has 2 heteroatoms. The van der Waals surface area contributed by atoms with Crippen LogP contribution in [0.5, 0.6) is 0 Å². The Morgan fingerprint density at radius 2 is 1.85 bits per heavy atom. The van der Waals surface area contributed by atoms with Gasteiger partial charge in [0.25, 0.3) is 0 Å². The maximum absolute atomic E-state index is 14.3. The molecule has 0 bridgehead atoms. The number of halogens is 1. The van der Waals surface area contributed by atoms with E-state index in [1.165, 1.54) is 5.56 Å². The Bertz CT molecular complexity index is 590. The normalized spacial score (nSPS) is 10.8. The van der Waals surface area contributed by atoms with Crippen molar-refractivity contribution in [2.75, 3.05) is 6.54 Å². The predicted octanol–water partition coefficient (Wildman–Crippen LogP) is 4.61. The molecule has 0 radical (unpaired) electrons. The topological polar surface area (TPSA) is 12.0 Å². The maximum atomic E-state index is 14.3. The standard InChI is InChI=1S/C18H22FN/c1-4-10-20-12-15-8-9-17(18(19)11-15)16-7-5-6-13(2)14(16)3/h5-9,11,20H,4,10,12H2,1-3H3. The summed E-state index contributed by atoms with van der Waals surface area (Å²) >= 11 is 0. The van der Waals surface area contributed by atoms with Crippen LogP contribution in [0.2, 0.25) is 0 Å². The van der Waals surface area contributed by atoms with Crippen molar-refractivity contribution in [1.82, 2.24) is 5.32 Å². The van der Waals surface area contributed by atoms with Gasteiger partial charge < -0.3 is 5.32 Å². The van der Waals surface area contributed by atoms with E-state index in [9.17, 15) is 4.39 Å². The Morgan fingerprint density at radius 1 is 1.05 bits per heavy atom. The van der Waals surface area contributed by atoms with Crippen LogP contribution in [0.3, 0.4) is 0 Å². The number of rotatable bonds is 5. The van der Waals surface area contributed by atoms with Crippen molar-refractivity contribution in [3.63, 3.8) is 0 Å². The summed E-state index contributed by atoms with van der Waals surface area (Å²) in [6.45, 7) is 7.90. The van der Waals surface area contributed by atoms with E-state index < -0.39 is 0 Å². The van der Waals surface area contributed by atoms with E-state index >= 15 is 0 Å². The number of hydrogen-bond acceptors (Lipinski definition) is 1. The molecule has 1 N–H and O–H groups in total. The highest BCUT2D eigenvalue weighted by molar-refractivity contribution is 5.69. The monoisotopic (exact) mass is 271 g/mol. The minimum atomic E-state index is -0.144. The van der Waals surface area contributed by atoms with Gasteiger partial charge in [-0.15, -0.1) is 0 Å². The van der Waals surface area contributed by atoms with Crippen molar-refractivity contribution in [1.29, 1.82) is 0 Å². The summed E-state index contributed by atoms with van der Waals surface area (Å²) in [7, 11) is 0. The smallest absolute Gasteiger partial charge is 0.131 e. The number of aryl methyl sites for hydroxylation is 1. The van der Waals surface area contributed by atoms with Crippen LogP contribution >= 0.6 is 0 Å². The molecular formula is C18H22FN. The van der Waals surface area contributed by atoms with Crippen molar-refractivity contribution in [3.8, 4) is 11.1 Å². The van der Waals surface area contributed by atoms with Crippen LogP contribution in [0.25, 0.3) is 11.1 Å². The fraction of sp³-hybridized carbons (Fsp3) is 0.333. The van der Waals surface area contributed by atoms with E-state index in [4.69, 9.17) is 0 Å². The summed E-state index contributed by atoms with van der Waals surface area (Å²) in [6, 6.07) is 11.5. The molecule has 20 heavy (non-hydrogen) atoms. The molecule has 0 fully saturated rings. The highest BCUT2D eigenvalue weighted by atomic mass is 19.1. The molecule has 0 atom stereocenters. The van der Waals surface area contributed by atoms with Crippen molar-refractivity contribution in [3.05, 3.63) is 58.9 Å². The lowest BCUT2D eigenvalue weighted by molar-refractivity contribution is 0.622. The first-order valence-electron chi connectivity index (χ1n) is 7.19. The first-order chi connectivity index (χ1) is 9.63. The third kappa shape index (κ3) is 3.26. The molecular weight excluding hydrogens is 249 g/mol. The van der Waals surface area contributed by atoms with Crippen LogP contribution < -0.4 is 5.32 Å². The molecule has 0 aliphatic rings. The molecule has 0 aliphatic heterocycles. The van der Waals surface area contributed by atoms with Crippen LogP contribution in [0.1, 0.15) is 30.0 Å². The molecule has 2 aromatic carbocycles. The average Bonchev–Trinajstić information content (AvgIpc) is 2.43. The van der Waals surface area contributed by atoms with E-state index in [0.29, 0.717) is 5.56 Å². The van der Waals surface area contributed by atoms with Gasteiger partial charge in [-0.2, -0.15) is 0 Å². The fourth-order valence-corrected chi connectivity index (χ4v) is 2.34. The maximum Gasteiger partial charge on any atom is 0.131 e. The fourth-order valence-electron chi connectivity index (χ4n) is 2.34. The molecule has 106 valence electrons. The molecule has 0 heterocycles. The number of benzene rings is 2. The van der Waals surface area contributed by atoms with Gasteiger partial charge in [-0.05, 0) is 55.1 Å². The van der Waals surface area contributed by atoms with Crippen LogP contribution in [-0.4, -0.2) is 6.54 Å². The van der Waals surface area contributed by atoms with Gasteiger partial charge in [-0.25, -0.2) is 4.39 Å². The quantitative estimate of drug-likeness (QED) is 0.783. The first kappa shape index (κ1) is 14.7. The molecule has 1 nitrogen and oxygen atoms in total. The van der Waals surface area contributed by atoms with Crippen molar-refractivity contribution < 1.29 is 4.39 Å². The average molecular weight is 271 g/mol. The highest BCUT2D eigenvalue weighted by Crippen LogP contribution is 2.28. The Hall–Kier alpha value is -1.67. The Labute approximate surface area is 120 Å². The predicted molar refractivity (Wildman–Crippen MR) is 83.3 cm³/mol. The summed E-state index contributed by atoms with van der Waals surface area (Å²) in [4.78, 5) is 0. The second-order valence-electron chi connectivity index (χ2n) is 5.24. The van der Waals surface area contributed by atoms with Crippen LogP contribution in [0.4, 0.5) is 4.39 Å². The first-order valence-corrected chi connectivity index (χ1v) is 7.19. The number of nitrogens with one attached hydrogen (secondary N) is 1. The molecule has 2 aromatic rings. The Morgan fingerprint density at radius 3 is 2.55 bits per heavy atom. The second kappa shape index (κ2) is 6.67. The van der Waals surface area contributed by atoms with E-state index in [1.807, 2.05) is 31.2 Å². The lowest BCUT2D eigenvalue weighted by Gasteiger charge is -2.11. The van der Waals surface area contributed by atoms with Gasteiger partial charge >= 0.3 is 0 Å². The second-order valence-corrected chi connectivity index (χ2v) is 5.24. The SMILES string of the molecule is CCCNCc1ccc(-c2cccc(C)c2C)c(F)c1. The van der Waals surface area contributed by atoms with Crippen LogP contribution in [0.15, 0.2) is 36.4 Å². The largest absolute Gasteiger partial charge is 0.313 e. The summed E-state index contributed by atoms with van der Waals surface area (Å²) in [6.07, 6.45) is 1.09. The van der Waals surface area contributed by atoms with Gasteiger partial charge in [-0.3, -0.25) is 0 Å². The van der Waals surface area contributed by atoms with Gasteiger partial charge in [0.1, 0.15) is 5.82 Å². The molecule has 2 rings (SSSR count).